The van der Waals surface area contributed by atoms with E-state index < -0.39 is 0 Å². The second-order valence-electron chi connectivity index (χ2n) is 4.53. The molecule has 0 spiro atoms. The van der Waals surface area contributed by atoms with Crippen LogP contribution in [0.5, 0.6) is 5.75 Å². The van der Waals surface area contributed by atoms with Crippen molar-refractivity contribution in [2.75, 3.05) is 26.0 Å². The molecule has 0 saturated carbocycles. The molecule has 1 atom stereocenters. The molecule has 0 bridgehead atoms. The number of ether oxygens (including phenoxy) is 1. The van der Waals surface area contributed by atoms with Gasteiger partial charge in [-0.3, -0.25) is 4.79 Å². The van der Waals surface area contributed by atoms with Crippen molar-refractivity contribution in [3.05, 3.63) is 23.8 Å². The monoisotopic (exact) mass is 264 g/mol. The first-order valence-electron chi connectivity index (χ1n) is 6.78. The molecule has 106 valence electrons. The lowest BCUT2D eigenvalue weighted by Gasteiger charge is -2.15. The van der Waals surface area contributed by atoms with Crippen LogP contribution < -0.4 is 15.4 Å². The van der Waals surface area contributed by atoms with E-state index in [1.165, 1.54) is 0 Å². The Hall–Kier alpha value is -1.55. The quantitative estimate of drug-likeness (QED) is 0.795. The largest absolute Gasteiger partial charge is 0.496 e. The van der Waals surface area contributed by atoms with Crippen molar-refractivity contribution in [2.45, 2.75) is 26.7 Å². The number of amides is 1. The van der Waals surface area contributed by atoms with Crippen LogP contribution in [0.3, 0.4) is 0 Å². The first-order valence-corrected chi connectivity index (χ1v) is 6.78. The minimum atomic E-state index is -0.00261. The van der Waals surface area contributed by atoms with Gasteiger partial charge in [-0.1, -0.05) is 13.8 Å². The Bertz CT molecular complexity index is 419. The summed E-state index contributed by atoms with van der Waals surface area (Å²) < 4.78 is 5.28. The van der Waals surface area contributed by atoms with Gasteiger partial charge >= 0.3 is 0 Å². The SMILES string of the molecule is CCc1cc(NC(=O)C(CC)CNC)ccc1OC. The summed E-state index contributed by atoms with van der Waals surface area (Å²) in [6.07, 6.45) is 1.70. The van der Waals surface area contributed by atoms with Crippen LogP contribution in [0.4, 0.5) is 5.69 Å². The molecule has 1 aromatic carbocycles. The molecule has 4 nitrogen and oxygen atoms in total. The summed E-state index contributed by atoms with van der Waals surface area (Å²) >= 11 is 0. The fraction of sp³-hybridized carbons (Fsp3) is 0.533. The summed E-state index contributed by atoms with van der Waals surface area (Å²) in [4.78, 5) is 12.1. The van der Waals surface area contributed by atoms with Crippen LogP contribution in [0, 0.1) is 5.92 Å². The maximum absolute atomic E-state index is 12.1. The van der Waals surface area contributed by atoms with Gasteiger partial charge in [0.05, 0.1) is 13.0 Å². The Balaban J connectivity index is 2.79. The standard InChI is InChI=1S/C15H24N2O2/c1-5-11-9-13(7-8-14(11)19-4)17-15(18)12(6-2)10-16-3/h7-9,12,16H,5-6,10H2,1-4H3,(H,17,18). The van der Waals surface area contributed by atoms with Gasteiger partial charge in [-0.25, -0.2) is 0 Å². The summed E-state index contributed by atoms with van der Waals surface area (Å²) in [6, 6.07) is 5.75. The van der Waals surface area contributed by atoms with Gasteiger partial charge < -0.3 is 15.4 Å². The van der Waals surface area contributed by atoms with Crippen molar-refractivity contribution < 1.29 is 9.53 Å². The molecule has 0 heterocycles. The number of hydrogen-bond acceptors (Lipinski definition) is 3. The van der Waals surface area contributed by atoms with E-state index in [2.05, 4.69) is 17.6 Å². The molecule has 0 saturated heterocycles. The average molecular weight is 264 g/mol. The number of methoxy groups -OCH3 is 1. The highest BCUT2D eigenvalue weighted by molar-refractivity contribution is 5.92. The van der Waals surface area contributed by atoms with Gasteiger partial charge in [0.15, 0.2) is 0 Å². The van der Waals surface area contributed by atoms with E-state index in [4.69, 9.17) is 4.74 Å². The van der Waals surface area contributed by atoms with E-state index in [0.717, 1.165) is 29.8 Å². The number of hydrogen-bond donors (Lipinski definition) is 2. The molecule has 0 aliphatic carbocycles. The van der Waals surface area contributed by atoms with E-state index in [1.807, 2.05) is 32.2 Å². The van der Waals surface area contributed by atoms with Gasteiger partial charge in [0.2, 0.25) is 5.91 Å². The Kier molecular flexibility index (Phi) is 6.36. The van der Waals surface area contributed by atoms with E-state index in [9.17, 15) is 4.79 Å². The molecule has 0 aliphatic heterocycles. The number of carbonyl (C=O) groups is 1. The first-order chi connectivity index (χ1) is 9.15. The number of rotatable bonds is 7. The molecule has 19 heavy (non-hydrogen) atoms. The van der Waals surface area contributed by atoms with Crippen molar-refractivity contribution in [1.29, 1.82) is 0 Å². The second-order valence-corrected chi connectivity index (χ2v) is 4.53. The number of aryl methyl sites for hydroxylation is 1. The highest BCUT2D eigenvalue weighted by Crippen LogP contribution is 2.23. The Morgan fingerprint density at radius 2 is 2.11 bits per heavy atom. The van der Waals surface area contributed by atoms with Crippen molar-refractivity contribution in [1.82, 2.24) is 5.32 Å². The number of anilines is 1. The molecule has 0 radical (unpaired) electrons. The number of carbonyl (C=O) groups excluding carboxylic acids is 1. The molecule has 0 aromatic heterocycles. The summed E-state index contributed by atoms with van der Waals surface area (Å²) in [5.74, 6) is 0.920. The number of benzene rings is 1. The van der Waals surface area contributed by atoms with Gasteiger partial charge in [0.1, 0.15) is 5.75 Å². The molecular formula is C15H24N2O2. The zero-order chi connectivity index (χ0) is 14.3. The summed E-state index contributed by atoms with van der Waals surface area (Å²) in [5.41, 5.74) is 1.93. The lowest BCUT2D eigenvalue weighted by atomic mass is 10.1. The van der Waals surface area contributed by atoms with E-state index in [1.54, 1.807) is 7.11 Å². The molecule has 4 heteroatoms. The molecule has 1 amide bonds. The van der Waals surface area contributed by atoms with Gasteiger partial charge in [-0.05, 0) is 43.7 Å². The molecular weight excluding hydrogens is 240 g/mol. The zero-order valence-corrected chi connectivity index (χ0v) is 12.2. The van der Waals surface area contributed by atoms with Crippen molar-refractivity contribution in [2.24, 2.45) is 5.92 Å². The topological polar surface area (TPSA) is 50.4 Å². The molecule has 0 fully saturated rings. The van der Waals surface area contributed by atoms with Gasteiger partial charge in [0, 0.05) is 12.2 Å². The second kappa shape index (κ2) is 7.79. The van der Waals surface area contributed by atoms with Gasteiger partial charge in [0.25, 0.3) is 0 Å². The predicted molar refractivity (Wildman–Crippen MR) is 78.7 cm³/mol. The molecule has 1 aromatic rings. The van der Waals surface area contributed by atoms with Crippen molar-refractivity contribution >= 4 is 11.6 Å². The van der Waals surface area contributed by atoms with Crippen LogP contribution in [0.15, 0.2) is 18.2 Å². The van der Waals surface area contributed by atoms with Crippen LogP contribution in [-0.2, 0) is 11.2 Å². The fourth-order valence-electron chi connectivity index (χ4n) is 2.05. The molecule has 1 unspecified atom stereocenters. The van der Waals surface area contributed by atoms with Crippen molar-refractivity contribution in [3.63, 3.8) is 0 Å². The van der Waals surface area contributed by atoms with Crippen molar-refractivity contribution in [3.8, 4) is 5.75 Å². The third-order valence-corrected chi connectivity index (χ3v) is 3.24. The fourth-order valence-corrected chi connectivity index (χ4v) is 2.05. The van der Waals surface area contributed by atoms with E-state index >= 15 is 0 Å². The number of nitrogens with one attached hydrogen (secondary N) is 2. The van der Waals surface area contributed by atoms with Gasteiger partial charge in [-0.2, -0.15) is 0 Å². The highest BCUT2D eigenvalue weighted by atomic mass is 16.5. The predicted octanol–water partition coefficient (Wildman–Crippen LogP) is 2.44. The smallest absolute Gasteiger partial charge is 0.228 e. The summed E-state index contributed by atoms with van der Waals surface area (Å²) in [6.45, 7) is 4.78. The van der Waals surface area contributed by atoms with Crippen LogP contribution in [0.25, 0.3) is 0 Å². The van der Waals surface area contributed by atoms with Crippen LogP contribution in [0.2, 0.25) is 0 Å². The van der Waals surface area contributed by atoms with Crippen LogP contribution in [0.1, 0.15) is 25.8 Å². The third-order valence-electron chi connectivity index (χ3n) is 3.24. The van der Waals surface area contributed by atoms with E-state index in [0.29, 0.717) is 6.54 Å². The summed E-state index contributed by atoms with van der Waals surface area (Å²) in [5, 5.41) is 6.01. The Morgan fingerprint density at radius 3 is 2.63 bits per heavy atom. The maximum atomic E-state index is 12.1. The van der Waals surface area contributed by atoms with Crippen LogP contribution in [-0.4, -0.2) is 26.6 Å². The molecule has 0 aliphatic rings. The minimum Gasteiger partial charge on any atom is -0.496 e. The Labute approximate surface area is 115 Å². The minimum absolute atomic E-state index is 0.00261. The average Bonchev–Trinajstić information content (AvgIpc) is 2.44. The lowest BCUT2D eigenvalue weighted by Crippen LogP contribution is -2.30. The zero-order valence-electron chi connectivity index (χ0n) is 12.2. The lowest BCUT2D eigenvalue weighted by molar-refractivity contribution is -0.119. The van der Waals surface area contributed by atoms with E-state index in [-0.39, 0.29) is 11.8 Å². The van der Waals surface area contributed by atoms with Gasteiger partial charge in [-0.15, -0.1) is 0 Å². The Morgan fingerprint density at radius 1 is 1.37 bits per heavy atom. The van der Waals surface area contributed by atoms with Crippen LogP contribution >= 0.6 is 0 Å². The third kappa shape index (κ3) is 4.24. The first kappa shape index (κ1) is 15.5. The molecule has 2 N–H and O–H groups in total. The normalized spacial score (nSPS) is 12.0. The summed E-state index contributed by atoms with van der Waals surface area (Å²) in [7, 11) is 3.52. The maximum Gasteiger partial charge on any atom is 0.228 e. The highest BCUT2D eigenvalue weighted by Gasteiger charge is 2.15. The molecule has 1 rings (SSSR count).